The minimum Gasteiger partial charge on any atom is -0.493 e. The summed E-state index contributed by atoms with van der Waals surface area (Å²) in [5, 5.41) is 8.72. The number of rotatable bonds is 15. The summed E-state index contributed by atoms with van der Waals surface area (Å²) in [6.07, 6.45) is 7.50. The number of carbonyl (C=O) groups is 1. The van der Waals surface area contributed by atoms with Gasteiger partial charge in [-0.25, -0.2) is 9.48 Å². The van der Waals surface area contributed by atoms with E-state index >= 15 is 0 Å². The molecule has 1 aromatic carbocycles. The Labute approximate surface area is 219 Å². The summed E-state index contributed by atoms with van der Waals surface area (Å²) in [4.78, 5) is 17.9. The minimum atomic E-state index is -0.494. The van der Waals surface area contributed by atoms with Crippen LogP contribution in [0, 0.1) is 0 Å². The molecule has 198 valence electrons. The Morgan fingerprint density at radius 3 is 2.58 bits per heavy atom. The van der Waals surface area contributed by atoms with Crippen molar-refractivity contribution in [1.82, 2.24) is 14.8 Å². The van der Waals surface area contributed by atoms with Crippen LogP contribution in [0.25, 0.3) is 0 Å². The highest BCUT2D eigenvalue weighted by Gasteiger charge is 2.35. The van der Waals surface area contributed by atoms with E-state index in [1.165, 1.54) is 12.8 Å². The molecule has 0 spiro atoms. The smallest absolute Gasteiger partial charge is 0.338 e. The second kappa shape index (κ2) is 14.2. The summed E-state index contributed by atoms with van der Waals surface area (Å²) < 4.78 is 19.0. The number of unbranched alkanes of at least 4 members (excludes halogenated alkanes) is 4. The Morgan fingerprint density at radius 2 is 1.86 bits per heavy atom. The Hall–Kier alpha value is -2.68. The summed E-state index contributed by atoms with van der Waals surface area (Å²) >= 11 is 1.62. The number of carbonyl (C=O) groups excluding carboxylic acids is 1. The number of allylic oxidation sites excluding steroid dienone is 1. The van der Waals surface area contributed by atoms with Gasteiger partial charge in [0.2, 0.25) is 11.1 Å². The van der Waals surface area contributed by atoms with E-state index < -0.39 is 6.04 Å². The lowest BCUT2D eigenvalue weighted by Crippen LogP contribution is -2.29. The third-order valence-electron chi connectivity index (χ3n) is 5.98. The van der Waals surface area contributed by atoms with Crippen molar-refractivity contribution in [2.45, 2.75) is 83.8 Å². The molecule has 3 rings (SSSR count). The van der Waals surface area contributed by atoms with E-state index in [1.807, 2.05) is 32.0 Å². The molecule has 0 radical (unpaired) electrons. The van der Waals surface area contributed by atoms with Crippen LogP contribution in [0.15, 0.2) is 34.6 Å². The zero-order valence-corrected chi connectivity index (χ0v) is 23.1. The zero-order valence-electron chi connectivity index (χ0n) is 22.3. The van der Waals surface area contributed by atoms with Gasteiger partial charge in [0.05, 0.1) is 25.9 Å². The zero-order chi connectivity index (χ0) is 25.9. The normalized spacial score (nSPS) is 14.9. The number of esters is 1. The highest BCUT2D eigenvalue weighted by molar-refractivity contribution is 7.99. The molecule has 1 aliphatic heterocycles. The van der Waals surface area contributed by atoms with E-state index in [9.17, 15) is 4.79 Å². The van der Waals surface area contributed by atoms with Gasteiger partial charge in [-0.2, -0.15) is 4.98 Å². The third-order valence-corrected chi connectivity index (χ3v) is 6.90. The predicted octanol–water partition coefficient (Wildman–Crippen LogP) is 6.38. The van der Waals surface area contributed by atoms with Gasteiger partial charge in [0, 0.05) is 11.4 Å². The fourth-order valence-corrected chi connectivity index (χ4v) is 4.94. The molecule has 2 aromatic rings. The van der Waals surface area contributed by atoms with E-state index in [2.05, 4.69) is 19.2 Å². The average molecular weight is 517 g/mol. The molecule has 0 saturated heterocycles. The Bertz CT molecular complexity index is 1040. The van der Waals surface area contributed by atoms with Crippen molar-refractivity contribution < 1.29 is 19.0 Å². The topological polar surface area (TPSA) is 87.5 Å². The number of hydrogen-bond acceptors (Lipinski definition) is 8. The van der Waals surface area contributed by atoms with Crippen molar-refractivity contribution in [3.63, 3.8) is 0 Å². The van der Waals surface area contributed by atoms with Crippen molar-refractivity contribution in [2.75, 3.05) is 31.4 Å². The highest BCUT2D eigenvalue weighted by Crippen LogP contribution is 2.40. The SMILES string of the molecule is CCCCCCOc1ccc(C2C(C(=O)OCCC)=C(C)Nc3nc(SCCCC)nn32)cc1OC. The van der Waals surface area contributed by atoms with Crippen LogP contribution in [0.4, 0.5) is 5.95 Å². The first-order valence-corrected chi connectivity index (χ1v) is 14.1. The minimum absolute atomic E-state index is 0.358. The number of aromatic nitrogens is 3. The number of hydrogen-bond donors (Lipinski definition) is 1. The molecular formula is C27H40N4O4S. The van der Waals surface area contributed by atoms with E-state index in [-0.39, 0.29) is 5.97 Å². The van der Waals surface area contributed by atoms with Gasteiger partial charge in [-0.1, -0.05) is 64.3 Å². The second-order valence-corrected chi connectivity index (χ2v) is 9.95. The van der Waals surface area contributed by atoms with E-state index in [1.54, 1.807) is 23.6 Å². The molecule has 0 amide bonds. The number of ether oxygens (including phenoxy) is 3. The fraction of sp³-hybridized carbons (Fsp3) is 0.593. The maximum absolute atomic E-state index is 13.2. The maximum Gasteiger partial charge on any atom is 0.338 e. The van der Waals surface area contributed by atoms with Gasteiger partial charge in [0.1, 0.15) is 6.04 Å². The Balaban J connectivity index is 1.95. The molecule has 1 atom stereocenters. The predicted molar refractivity (Wildman–Crippen MR) is 144 cm³/mol. The average Bonchev–Trinajstić information content (AvgIpc) is 3.28. The van der Waals surface area contributed by atoms with Gasteiger partial charge in [-0.3, -0.25) is 0 Å². The van der Waals surface area contributed by atoms with Gasteiger partial charge in [0.25, 0.3) is 0 Å². The fourth-order valence-electron chi connectivity index (χ4n) is 4.03. The molecule has 0 bridgehead atoms. The summed E-state index contributed by atoms with van der Waals surface area (Å²) in [5.74, 6) is 2.51. The van der Waals surface area contributed by atoms with Crippen molar-refractivity contribution in [3.8, 4) is 11.5 Å². The number of benzene rings is 1. The lowest BCUT2D eigenvalue weighted by atomic mass is 9.95. The molecule has 36 heavy (non-hydrogen) atoms. The third kappa shape index (κ3) is 6.96. The lowest BCUT2D eigenvalue weighted by molar-refractivity contribution is -0.139. The summed E-state index contributed by atoms with van der Waals surface area (Å²) in [6, 6.07) is 5.31. The lowest BCUT2D eigenvalue weighted by Gasteiger charge is -2.28. The van der Waals surface area contributed by atoms with Gasteiger partial charge in [-0.05, 0) is 43.9 Å². The molecule has 1 unspecified atom stereocenters. The van der Waals surface area contributed by atoms with Gasteiger partial charge in [0.15, 0.2) is 11.5 Å². The Kier molecular flexibility index (Phi) is 11.0. The van der Waals surface area contributed by atoms with Crippen LogP contribution in [0.1, 0.15) is 84.2 Å². The van der Waals surface area contributed by atoms with Crippen molar-refractivity contribution in [2.24, 2.45) is 0 Å². The van der Waals surface area contributed by atoms with Crippen LogP contribution >= 0.6 is 11.8 Å². The van der Waals surface area contributed by atoms with Crippen LogP contribution < -0.4 is 14.8 Å². The molecule has 0 fully saturated rings. The largest absolute Gasteiger partial charge is 0.493 e. The summed E-state index contributed by atoms with van der Waals surface area (Å²) in [7, 11) is 1.63. The van der Waals surface area contributed by atoms with Crippen LogP contribution in [0.2, 0.25) is 0 Å². The number of anilines is 1. The van der Waals surface area contributed by atoms with Crippen LogP contribution in [-0.2, 0) is 9.53 Å². The van der Waals surface area contributed by atoms with Crippen molar-refractivity contribution >= 4 is 23.7 Å². The Morgan fingerprint density at radius 1 is 1.06 bits per heavy atom. The number of fused-ring (bicyclic) bond motifs is 1. The molecule has 1 N–H and O–H groups in total. The first kappa shape index (κ1) is 27.9. The molecule has 9 heteroatoms. The molecule has 0 aliphatic carbocycles. The van der Waals surface area contributed by atoms with E-state index in [0.717, 1.165) is 43.4 Å². The highest BCUT2D eigenvalue weighted by atomic mass is 32.2. The van der Waals surface area contributed by atoms with Crippen molar-refractivity contribution in [3.05, 3.63) is 35.0 Å². The number of nitrogens with one attached hydrogen (secondary N) is 1. The van der Waals surface area contributed by atoms with Crippen LogP contribution in [-0.4, -0.2) is 46.8 Å². The quantitative estimate of drug-likeness (QED) is 0.166. The first-order chi connectivity index (χ1) is 17.5. The molecular weight excluding hydrogens is 476 g/mol. The van der Waals surface area contributed by atoms with E-state index in [0.29, 0.717) is 47.1 Å². The summed E-state index contributed by atoms with van der Waals surface area (Å²) in [6.45, 7) is 9.21. The summed E-state index contributed by atoms with van der Waals surface area (Å²) in [5.41, 5.74) is 2.08. The molecule has 1 aliphatic rings. The number of nitrogens with zero attached hydrogens (tertiary/aromatic N) is 3. The van der Waals surface area contributed by atoms with Gasteiger partial charge >= 0.3 is 5.97 Å². The number of methoxy groups -OCH3 is 1. The first-order valence-electron chi connectivity index (χ1n) is 13.1. The van der Waals surface area contributed by atoms with Crippen LogP contribution in [0.5, 0.6) is 11.5 Å². The standard InChI is InChI=1S/C27H40N4O4S/c1-6-9-11-12-16-34-21-14-13-20(18-22(21)33-5)24-23(25(32)35-15-8-3)19(4)28-26-29-27(30-31(24)26)36-17-10-7-2/h13-14,18,24H,6-12,15-17H2,1-5H3,(H,28,29,30). The molecule has 2 heterocycles. The maximum atomic E-state index is 13.2. The molecule has 0 saturated carbocycles. The number of thioether (sulfide) groups is 1. The van der Waals surface area contributed by atoms with E-state index in [4.69, 9.17) is 24.3 Å². The van der Waals surface area contributed by atoms with Gasteiger partial charge in [-0.15, -0.1) is 5.10 Å². The van der Waals surface area contributed by atoms with Gasteiger partial charge < -0.3 is 19.5 Å². The molecule has 8 nitrogen and oxygen atoms in total. The monoisotopic (exact) mass is 516 g/mol. The van der Waals surface area contributed by atoms with Crippen LogP contribution in [0.3, 0.4) is 0 Å². The van der Waals surface area contributed by atoms with Crippen molar-refractivity contribution in [1.29, 1.82) is 0 Å². The molecule has 1 aromatic heterocycles. The second-order valence-electron chi connectivity index (χ2n) is 8.89.